The third kappa shape index (κ3) is 6.85. The number of benzene rings is 2. The van der Waals surface area contributed by atoms with Crippen molar-refractivity contribution in [3.63, 3.8) is 0 Å². The number of methoxy groups -OCH3 is 2. The summed E-state index contributed by atoms with van der Waals surface area (Å²) in [5.41, 5.74) is 2.15. The quantitative estimate of drug-likeness (QED) is 0.386. The van der Waals surface area contributed by atoms with Gasteiger partial charge in [0.25, 0.3) is 0 Å². The minimum atomic E-state index is -0.615. The highest BCUT2D eigenvalue weighted by atomic mass is 32.1. The van der Waals surface area contributed by atoms with Crippen LogP contribution in [0.25, 0.3) is 0 Å². The molecule has 9 heteroatoms. The molecule has 1 aromatic heterocycles. The van der Waals surface area contributed by atoms with Gasteiger partial charge in [-0.2, -0.15) is 0 Å². The van der Waals surface area contributed by atoms with E-state index in [9.17, 15) is 9.59 Å². The summed E-state index contributed by atoms with van der Waals surface area (Å²) in [4.78, 5) is 31.2. The van der Waals surface area contributed by atoms with Crippen LogP contribution in [0, 0.1) is 0 Å². The standard InChI is InChI=1S/C29H36N4O4S/c1-21(31-29(35)28(34)30-15-14-22-10-12-23(36-2)13-11-22)27(26-9-6-20-38-26)33-18-16-32(17-19-33)24-7-4-5-8-25(24)37-3/h4-13,20-21,27H,14-19H2,1-3H3,(H,30,34)(H,31,35)/t21-,27+/m0/s1. The fourth-order valence-corrected chi connectivity index (χ4v) is 5.84. The molecule has 0 radical (unpaired) electrons. The Kier molecular flexibility index (Phi) is 9.62. The first-order chi connectivity index (χ1) is 18.5. The van der Waals surface area contributed by atoms with E-state index in [0.29, 0.717) is 13.0 Å². The van der Waals surface area contributed by atoms with Crippen LogP contribution in [0.15, 0.2) is 66.0 Å². The van der Waals surface area contributed by atoms with E-state index in [2.05, 4.69) is 32.6 Å². The van der Waals surface area contributed by atoms with Gasteiger partial charge in [0.05, 0.1) is 25.9 Å². The van der Waals surface area contributed by atoms with Gasteiger partial charge in [-0.25, -0.2) is 0 Å². The predicted molar refractivity (Wildman–Crippen MR) is 151 cm³/mol. The SMILES string of the molecule is COc1ccc(CCNC(=O)C(=O)N[C@@H](C)[C@H](c2cccs2)N2CCN(c3ccccc3OC)CC2)cc1. The topological polar surface area (TPSA) is 83.1 Å². The van der Waals surface area contributed by atoms with E-state index in [1.54, 1.807) is 25.6 Å². The zero-order valence-electron chi connectivity index (χ0n) is 22.2. The zero-order chi connectivity index (χ0) is 26.9. The number of hydrogen-bond acceptors (Lipinski definition) is 7. The lowest BCUT2D eigenvalue weighted by molar-refractivity contribution is -0.139. The van der Waals surface area contributed by atoms with Crippen molar-refractivity contribution in [1.82, 2.24) is 15.5 Å². The second-order valence-electron chi connectivity index (χ2n) is 9.27. The Labute approximate surface area is 228 Å². The third-order valence-corrected chi connectivity index (χ3v) is 7.81. The van der Waals surface area contributed by atoms with Gasteiger partial charge in [-0.1, -0.05) is 30.3 Å². The van der Waals surface area contributed by atoms with Crippen molar-refractivity contribution in [2.45, 2.75) is 25.4 Å². The molecule has 0 bridgehead atoms. The van der Waals surface area contributed by atoms with Gasteiger partial charge in [0.15, 0.2) is 0 Å². The van der Waals surface area contributed by atoms with Gasteiger partial charge in [0.1, 0.15) is 11.5 Å². The first kappa shape index (κ1) is 27.5. The molecule has 2 amide bonds. The maximum Gasteiger partial charge on any atom is 0.309 e. The Morgan fingerprint density at radius 2 is 1.66 bits per heavy atom. The van der Waals surface area contributed by atoms with Crippen LogP contribution >= 0.6 is 11.3 Å². The van der Waals surface area contributed by atoms with Crippen LogP contribution in [0.1, 0.15) is 23.4 Å². The summed E-state index contributed by atoms with van der Waals surface area (Å²) in [5, 5.41) is 7.74. The van der Waals surface area contributed by atoms with Crippen molar-refractivity contribution in [1.29, 1.82) is 0 Å². The molecular weight excluding hydrogens is 500 g/mol. The fourth-order valence-electron chi connectivity index (χ4n) is 4.88. The summed E-state index contributed by atoms with van der Waals surface area (Å²) in [7, 11) is 3.32. The monoisotopic (exact) mass is 536 g/mol. The van der Waals surface area contributed by atoms with E-state index in [1.807, 2.05) is 60.8 Å². The molecule has 2 aromatic carbocycles. The lowest BCUT2D eigenvalue weighted by Crippen LogP contribution is -2.53. The first-order valence-corrected chi connectivity index (χ1v) is 13.7. The summed E-state index contributed by atoms with van der Waals surface area (Å²) in [6, 6.07) is 19.6. The lowest BCUT2D eigenvalue weighted by Gasteiger charge is -2.42. The average molecular weight is 537 g/mol. The van der Waals surface area contributed by atoms with Crippen LogP contribution in [-0.2, 0) is 16.0 Å². The van der Waals surface area contributed by atoms with Gasteiger partial charge in [0, 0.05) is 43.6 Å². The number of piperazine rings is 1. The van der Waals surface area contributed by atoms with Crippen LogP contribution in [-0.4, -0.2) is 69.7 Å². The Morgan fingerprint density at radius 3 is 2.32 bits per heavy atom. The number of carbonyl (C=O) groups excluding carboxylic acids is 2. The number of anilines is 1. The third-order valence-electron chi connectivity index (χ3n) is 6.87. The van der Waals surface area contributed by atoms with E-state index in [1.165, 1.54) is 4.88 Å². The summed E-state index contributed by atoms with van der Waals surface area (Å²) >= 11 is 1.67. The normalized spacial score (nSPS) is 15.4. The molecule has 3 aromatic rings. The van der Waals surface area contributed by atoms with E-state index >= 15 is 0 Å². The molecule has 0 unspecified atom stereocenters. The summed E-state index contributed by atoms with van der Waals surface area (Å²) in [6.07, 6.45) is 0.632. The minimum absolute atomic E-state index is 0.0223. The van der Waals surface area contributed by atoms with Gasteiger partial charge < -0.3 is 25.0 Å². The summed E-state index contributed by atoms with van der Waals surface area (Å²) < 4.78 is 10.7. The summed E-state index contributed by atoms with van der Waals surface area (Å²) in [6.45, 7) is 5.69. The highest BCUT2D eigenvalue weighted by Crippen LogP contribution is 2.32. The van der Waals surface area contributed by atoms with E-state index in [4.69, 9.17) is 9.47 Å². The van der Waals surface area contributed by atoms with Crippen LogP contribution in [0.4, 0.5) is 5.69 Å². The highest BCUT2D eigenvalue weighted by molar-refractivity contribution is 7.10. The van der Waals surface area contributed by atoms with Crippen LogP contribution in [0.2, 0.25) is 0 Å². The Morgan fingerprint density at radius 1 is 0.921 bits per heavy atom. The molecule has 1 saturated heterocycles. The number of ether oxygens (including phenoxy) is 2. The van der Waals surface area contributed by atoms with Crippen molar-refractivity contribution >= 4 is 28.8 Å². The number of nitrogens with zero attached hydrogens (tertiary/aromatic N) is 2. The van der Waals surface area contributed by atoms with Crippen molar-refractivity contribution in [3.05, 3.63) is 76.5 Å². The highest BCUT2D eigenvalue weighted by Gasteiger charge is 2.32. The maximum atomic E-state index is 12.8. The molecule has 2 atom stereocenters. The van der Waals surface area contributed by atoms with Crippen LogP contribution in [0.5, 0.6) is 11.5 Å². The number of amides is 2. The molecule has 1 fully saturated rings. The Bertz CT molecular complexity index is 1180. The molecule has 202 valence electrons. The van der Waals surface area contributed by atoms with E-state index in [-0.39, 0.29) is 12.1 Å². The molecule has 2 N–H and O–H groups in total. The van der Waals surface area contributed by atoms with Gasteiger partial charge in [-0.3, -0.25) is 14.5 Å². The van der Waals surface area contributed by atoms with E-state index < -0.39 is 11.8 Å². The summed E-state index contributed by atoms with van der Waals surface area (Å²) in [5.74, 6) is 0.430. The van der Waals surface area contributed by atoms with Gasteiger partial charge >= 0.3 is 11.8 Å². The Balaban J connectivity index is 1.33. The molecule has 0 saturated carbocycles. The van der Waals surface area contributed by atoms with Crippen molar-refractivity contribution < 1.29 is 19.1 Å². The van der Waals surface area contributed by atoms with Crippen molar-refractivity contribution in [2.75, 3.05) is 51.8 Å². The lowest BCUT2D eigenvalue weighted by atomic mass is 10.0. The number of rotatable bonds is 10. The molecule has 0 aliphatic carbocycles. The second kappa shape index (κ2) is 13.3. The number of carbonyl (C=O) groups is 2. The first-order valence-electron chi connectivity index (χ1n) is 12.9. The van der Waals surface area contributed by atoms with Gasteiger partial charge in [-0.15, -0.1) is 11.3 Å². The van der Waals surface area contributed by atoms with E-state index in [0.717, 1.165) is 48.9 Å². The van der Waals surface area contributed by atoms with Crippen LogP contribution in [0.3, 0.4) is 0 Å². The predicted octanol–water partition coefficient (Wildman–Crippen LogP) is 3.49. The van der Waals surface area contributed by atoms with Gasteiger partial charge in [0.2, 0.25) is 0 Å². The number of hydrogen-bond donors (Lipinski definition) is 2. The maximum absolute atomic E-state index is 12.8. The van der Waals surface area contributed by atoms with Crippen molar-refractivity contribution in [2.24, 2.45) is 0 Å². The molecular formula is C29H36N4O4S. The molecule has 1 aliphatic rings. The number of nitrogens with one attached hydrogen (secondary N) is 2. The molecule has 38 heavy (non-hydrogen) atoms. The smallest absolute Gasteiger partial charge is 0.309 e. The van der Waals surface area contributed by atoms with Gasteiger partial charge in [-0.05, 0) is 54.6 Å². The Hall–Kier alpha value is -3.56. The fraction of sp³-hybridized carbons (Fsp3) is 0.379. The molecule has 4 rings (SSSR count). The average Bonchev–Trinajstić information content (AvgIpc) is 3.48. The van der Waals surface area contributed by atoms with Crippen LogP contribution < -0.4 is 25.0 Å². The molecule has 0 spiro atoms. The van der Waals surface area contributed by atoms with Crippen molar-refractivity contribution in [3.8, 4) is 11.5 Å². The molecule has 2 heterocycles. The second-order valence-corrected chi connectivity index (χ2v) is 10.3. The number of para-hydroxylation sites is 2. The molecule has 8 nitrogen and oxygen atoms in total. The number of thiophene rings is 1. The molecule has 1 aliphatic heterocycles. The zero-order valence-corrected chi connectivity index (χ0v) is 23.0. The minimum Gasteiger partial charge on any atom is -0.497 e. The largest absolute Gasteiger partial charge is 0.497 e.